The first-order valence-electron chi connectivity index (χ1n) is 5.03. The monoisotopic (exact) mass is 218 g/mol. The van der Waals surface area contributed by atoms with Crippen LogP contribution in [0.15, 0.2) is 52.3 Å². The lowest BCUT2D eigenvalue weighted by Crippen LogP contribution is -1.94. The molecule has 15 heavy (non-hydrogen) atoms. The van der Waals surface area contributed by atoms with E-state index in [9.17, 15) is 0 Å². The molecule has 2 rings (SSSR count). The van der Waals surface area contributed by atoms with Gasteiger partial charge in [-0.15, -0.1) is 0 Å². The van der Waals surface area contributed by atoms with E-state index in [4.69, 9.17) is 5.11 Å². The van der Waals surface area contributed by atoms with Gasteiger partial charge in [-0.25, -0.2) is 0 Å². The number of thioether (sulfide) groups is 1. The molecule has 0 bridgehead atoms. The first-order chi connectivity index (χ1) is 7.28. The Labute approximate surface area is 94.5 Å². The highest BCUT2D eigenvalue weighted by molar-refractivity contribution is 8.03. The summed E-state index contributed by atoms with van der Waals surface area (Å²) in [6.07, 6.45) is 6.21. The molecule has 1 unspecified atom stereocenters. The quantitative estimate of drug-likeness (QED) is 0.841. The molecule has 2 heteroatoms. The smallest absolute Gasteiger partial charge is 0.0529 e. The highest BCUT2D eigenvalue weighted by Gasteiger charge is 2.08. The van der Waals surface area contributed by atoms with Gasteiger partial charge in [0, 0.05) is 15.7 Å². The molecular weight excluding hydrogens is 204 g/mol. The molecule has 0 amide bonds. The fraction of sp³-hybridized carbons (Fsp3) is 0.231. The van der Waals surface area contributed by atoms with Crippen LogP contribution in [0.25, 0.3) is 0 Å². The van der Waals surface area contributed by atoms with Crippen LogP contribution in [0, 0.1) is 12.8 Å². The molecule has 1 nitrogen and oxygen atoms in total. The highest BCUT2D eigenvalue weighted by atomic mass is 32.2. The summed E-state index contributed by atoms with van der Waals surface area (Å²) in [7, 11) is 0. The second-order valence-corrected chi connectivity index (χ2v) is 4.84. The lowest BCUT2D eigenvalue weighted by molar-refractivity contribution is 0.275. The minimum atomic E-state index is 0.203. The molecule has 0 aromatic heterocycles. The maximum atomic E-state index is 8.98. The van der Waals surface area contributed by atoms with Crippen LogP contribution >= 0.6 is 11.8 Å². The third kappa shape index (κ3) is 2.74. The fourth-order valence-corrected chi connectivity index (χ4v) is 2.40. The van der Waals surface area contributed by atoms with Crippen LogP contribution in [0.3, 0.4) is 0 Å². The molecule has 0 saturated heterocycles. The molecule has 0 spiro atoms. The van der Waals surface area contributed by atoms with E-state index in [2.05, 4.69) is 43.3 Å². The van der Waals surface area contributed by atoms with Gasteiger partial charge in [-0.1, -0.05) is 47.7 Å². The second kappa shape index (κ2) is 4.69. The SMILES string of the molecule is Cc1ccc(SC2=CC(CO)C=C2)cc1. The van der Waals surface area contributed by atoms with Crippen molar-refractivity contribution in [2.75, 3.05) is 6.61 Å². The second-order valence-electron chi connectivity index (χ2n) is 3.69. The number of rotatable bonds is 3. The Bertz CT molecular complexity index is 390. The van der Waals surface area contributed by atoms with E-state index in [1.54, 1.807) is 11.8 Å². The Morgan fingerprint density at radius 1 is 1.27 bits per heavy atom. The van der Waals surface area contributed by atoms with Crippen LogP contribution < -0.4 is 0 Å². The van der Waals surface area contributed by atoms with Gasteiger partial charge in [0.1, 0.15) is 0 Å². The predicted octanol–water partition coefficient (Wildman–Crippen LogP) is 3.15. The van der Waals surface area contributed by atoms with E-state index in [0.29, 0.717) is 0 Å². The van der Waals surface area contributed by atoms with Crippen molar-refractivity contribution in [3.05, 3.63) is 53.0 Å². The number of hydrogen-bond donors (Lipinski definition) is 1. The van der Waals surface area contributed by atoms with Crippen LogP contribution in [0.5, 0.6) is 0 Å². The van der Waals surface area contributed by atoms with Crippen molar-refractivity contribution in [2.45, 2.75) is 11.8 Å². The normalized spacial score (nSPS) is 19.3. The van der Waals surface area contributed by atoms with E-state index in [-0.39, 0.29) is 12.5 Å². The Morgan fingerprint density at radius 3 is 2.60 bits per heavy atom. The van der Waals surface area contributed by atoms with Crippen molar-refractivity contribution in [1.29, 1.82) is 0 Å². The third-order valence-electron chi connectivity index (χ3n) is 2.35. The van der Waals surface area contributed by atoms with Gasteiger partial charge in [0.15, 0.2) is 0 Å². The van der Waals surface area contributed by atoms with Crippen molar-refractivity contribution in [3.63, 3.8) is 0 Å². The summed E-state index contributed by atoms with van der Waals surface area (Å²) in [4.78, 5) is 2.47. The Kier molecular flexibility index (Phi) is 3.29. The van der Waals surface area contributed by atoms with Crippen LogP contribution in [0.4, 0.5) is 0 Å². The maximum Gasteiger partial charge on any atom is 0.0529 e. The van der Waals surface area contributed by atoms with E-state index >= 15 is 0 Å². The molecular formula is C13H14OS. The number of benzene rings is 1. The summed E-state index contributed by atoms with van der Waals surface area (Å²) in [5, 5.41) is 8.98. The van der Waals surface area contributed by atoms with Crippen LogP contribution in [-0.2, 0) is 0 Å². The molecule has 1 aromatic carbocycles. The minimum absolute atomic E-state index is 0.203. The zero-order chi connectivity index (χ0) is 10.7. The molecule has 0 radical (unpaired) electrons. The Morgan fingerprint density at radius 2 is 2.00 bits per heavy atom. The lowest BCUT2D eigenvalue weighted by atomic mass is 10.2. The standard InChI is InChI=1S/C13H14OS/c1-10-2-5-12(6-3-10)15-13-7-4-11(8-13)9-14/h2-8,11,14H,9H2,1H3. The molecule has 0 fully saturated rings. The van der Waals surface area contributed by atoms with Gasteiger partial charge in [-0.2, -0.15) is 0 Å². The Balaban J connectivity index is 2.04. The number of hydrogen-bond acceptors (Lipinski definition) is 2. The van der Waals surface area contributed by atoms with Crippen molar-refractivity contribution in [1.82, 2.24) is 0 Å². The van der Waals surface area contributed by atoms with E-state index < -0.39 is 0 Å². The minimum Gasteiger partial charge on any atom is -0.395 e. The summed E-state index contributed by atoms with van der Waals surface area (Å²) >= 11 is 1.74. The van der Waals surface area contributed by atoms with Crippen molar-refractivity contribution >= 4 is 11.8 Å². The average molecular weight is 218 g/mol. The van der Waals surface area contributed by atoms with Gasteiger partial charge in [-0.3, -0.25) is 0 Å². The number of aliphatic hydroxyl groups excluding tert-OH is 1. The lowest BCUT2D eigenvalue weighted by Gasteiger charge is -2.01. The molecule has 78 valence electrons. The zero-order valence-electron chi connectivity index (χ0n) is 8.68. The summed E-state index contributed by atoms with van der Waals surface area (Å²) < 4.78 is 0. The van der Waals surface area contributed by atoms with Crippen LogP contribution in [0.2, 0.25) is 0 Å². The third-order valence-corrected chi connectivity index (χ3v) is 3.37. The van der Waals surface area contributed by atoms with Gasteiger partial charge in [-0.05, 0) is 19.1 Å². The van der Waals surface area contributed by atoms with E-state index in [0.717, 1.165) is 0 Å². The van der Waals surface area contributed by atoms with Gasteiger partial charge in [0.25, 0.3) is 0 Å². The molecule has 1 aromatic rings. The molecule has 1 N–H and O–H groups in total. The highest BCUT2D eigenvalue weighted by Crippen LogP contribution is 2.32. The number of allylic oxidation sites excluding steroid dienone is 1. The molecule has 1 atom stereocenters. The van der Waals surface area contributed by atoms with Crippen molar-refractivity contribution in [3.8, 4) is 0 Å². The molecule has 0 aliphatic heterocycles. The first-order valence-corrected chi connectivity index (χ1v) is 5.85. The van der Waals surface area contributed by atoms with Gasteiger partial charge in [0.05, 0.1) is 6.61 Å². The molecule has 1 aliphatic rings. The largest absolute Gasteiger partial charge is 0.395 e. The topological polar surface area (TPSA) is 20.2 Å². The molecule has 1 aliphatic carbocycles. The first kappa shape index (κ1) is 10.5. The van der Waals surface area contributed by atoms with E-state index in [1.807, 2.05) is 6.08 Å². The van der Waals surface area contributed by atoms with Gasteiger partial charge in [0.2, 0.25) is 0 Å². The number of aliphatic hydroxyl groups is 1. The summed E-state index contributed by atoms with van der Waals surface area (Å²) in [5.41, 5.74) is 1.28. The van der Waals surface area contributed by atoms with Gasteiger partial charge >= 0.3 is 0 Å². The molecule has 0 saturated carbocycles. The summed E-state index contributed by atoms with van der Waals surface area (Å²) in [6, 6.07) is 8.48. The summed E-state index contributed by atoms with van der Waals surface area (Å²) in [5.74, 6) is 0.206. The van der Waals surface area contributed by atoms with Crippen molar-refractivity contribution in [2.24, 2.45) is 5.92 Å². The zero-order valence-corrected chi connectivity index (χ0v) is 9.50. The Hall–Kier alpha value is -0.990. The number of aryl methyl sites for hydroxylation is 1. The fourth-order valence-electron chi connectivity index (χ4n) is 1.46. The maximum absolute atomic E-state index is 8.98. The van der Waals surface area contributed by atoms with E-state index in [1.165, 1.54) is 15.4 Å². The summed E-state index contributed by atoms with van der Waals surface area (Å²) in [6.45, 7) is 2.29. The predicted molar refractivity (Wildman–Crippen MR) is 64.8 cm³/mol. The molecule has 0 heterocycles. The average Bonchev–Trinajstić information content (AvgIpc) is 2.69. The van der Waals surface area contributed by atoms with Crippen LogP contribution in [0.1, 0.15) is 5.56 Å². The van der Waals surface area contributed by atoms with Gasteiger partial charge < -0.3 is 5.11 Å². The van der Waals surface area contributed by atoms with Crippen molar-refractivity contribution < 1.29 is 5.11 Å². The van der Waals surface area contributed by atoms with Crippen LogP contribution in [-0.4, -0.2) is 11.7 Å².